The Kier molecular flexibility index (Phi) is 5.14. The van der Waals surface area contributed by atoms with Gasteiger partial charge in [0.15, 0.2) is 0 Å². The van der Waals surface area contributed by atoms with Gasteiger partial charge in [-0.25, -0.2) is 13.1 Å². The van der Waals surface area contributed by atoms with Gasteiger partial charge in [-0.2, -0.15) is 11.8 Å². The van der Waals surface area contributed by atoms with Crippen molar-refractivity contribution in [3.63, 3.8) is 0 Å². The van der Waals surface area contributed by atoms with Crippen molar-refractivity contribution >= 4 is 33.4 Å². The molecule has 1 unspecified atom stereocenters. The molecule has 1 saturated heterocycles. The fourth-order valence-electron chi connectivity index (χ4n) is 1.96. The number of aliphatic hydroxyl groups excluding tert-OH is 1. The van der Waals surface area contributed by atoms with Crippen LogP contribution in [0.4, 0.5) is 0 Å². The van der Waals surface area contributed by atoms with Crippen LogP contribution in [0, 0.1) is 0 Å². The number of hydrogen-bond donors (Lipinski definition) is 2. The van der Waals surface area contributed by atoms with E-state index in [9.17, 15) is 8.42 Å². The highest BCUT2D eigenvalue weighted by Crippen LogP contribution is 2.22. The summed E-state index contributed by atoms with van der Waals surface area (Å²) >= 11 is 7.62. The van der Waals surface area contributed by atoms with E-state index in [4.69, 9.17) is 16.7 Å². The zero-order valence-corrected chi connectivity index (χ0v) is 12.7. The topological polar surface area (TPSA) is 66.4 Å². The van der Waals surface area contributed by atoms with Crippen molar-refractivity contribution in [2.75, 3.05) is 11.5 Å². The largest absolute Gasteiger partial charge is 0.392 e. The molecule has 0 spiro atoms. The van der Waals surface area contributed by atoms with E-state index < -0.39 is 10.0 Å². The summed E-state index contributed by atoms with van der Waals surface area (Å²) in [6.07, 6.45) is 1.90. The first-order valence-electron chi connectivity index (χ1n) is 6.02. The summed E-state index contributed by atoms with van der Waals surface area (Å²) in [6, 6.07) is 4.36. The predicted octanol–water partition coefficient (Wildman–Crippen LogP) is 2.01. The van der Waals surface area contributed by atoms with Gasteiger partial charge in [0.1, 0.15) is 0 Å². The molecule has 1 heterocycles. The average molecular weight is 322 g/mol. The highest BCUT2D eigenvalue weighted by atomic mass is 35.5. The molecule has 19 heavy (non-hydrogen) atoms. The van der Waals surface area contributed by atoms with Gasteiger partial charge in [-0.1, -0.05) is 11.6 Å². The number of benzene rings is 1. The van der Waals surface area contributed by atoms with Crippen LogP contribution in [0.1, 0.15) is 18.4 Å². The van der Waals surface area contributed by atoms with Gasteiger partial charge in [0, 0.05) is 16.8 Å². The molecule has 0 aromatic heterocycles. The molecule has 106 valence electrons. The Morgan fingerprint density at radius 2 is 2.26 bits per heavy atom. The van der Waals surface area contributed by atoms with Gasteiger partial charge < -0.3 is 5.11 Å². The van der Waals surface area contributed by atoms with Crippen LogP contribution in [-0.2, 0) is 16.6 Å². The number of rotatable bonds is 4. The third-order valence-corrected chi connectivity index (χ3v) is 6.08. The highest BCUT2D eigenvalue weighted by molar-refractivity contribution is 7.99. The number of aliphatic hydroxyl groups is 1. The van der Waals surface area contributed by atoms with E-state index in [1.54, 1.807) is 11.8 Å². The fraction of sp³-hybridized carbons (Fsp3) is 0.500. The van der Waals surface area contributed by atoms with Gasteiger partial charge in [-0.15, -0.1) is 0 Å². The van der Waals surface area contributed by atoms with Crippen molar-refractivity contribution in [3.8, 4) is 0 Å². The molecule has 1 aliphatic rings. The molecular weight excluding hydrogens is 306 g/mol. The summed E-state index contributed by atoms with van der Waals surface area (Å²) in [4.78, 5) is 0.150. The lowest BCUT2D eigenvalue weighted by atomic mass is 10.2. The average Bonchev–Trinajstić information content (AvgIpc) is 2.39. The Labute approximate surface area is 122 Å². The predicted molar refractivity (Wildman–Crippen MR) is 78.0 cm³/mol. The second kappa shape index (κ2) is 6.45. The van der Waals surface area contributed by atoms with Crippen LogP contribution in [0.2, 0.25) is 5.02 Å². The van der Waals surface area contributed by atoms with E-state index in [0.29, 0.717) is 10.6 Å². The molecule has 0 amide bonds. The molecule has 2 rings (SSSR count). The van der Waals surface area contributed by atoms with Crippen LogP contribution in [-0.4, -0.2) is 31.1 Å². The molecular formula is C12H16ClNO3S2. The standard InChI is InChI=1S/C12H16ClNO3S2/c13-12-4-3-11(6-9(12)7-15)19(16,17)14-10-2-1-5-18-8-10/h3-4,6,10,14-15H,1-2,5,7-8H2. The molecule has 0 aliphatic carbocycles. The highest BCUT2D eigenvalue weighted by Gasteiger charge is 2.22. The summed E-state index contributed by atoms with van der Waals surface area (Å²) in [5.41, 5.74) is 0.419. The van der Waals surface area contributed by atoms with Gasteiger partial charge in [-0.05, 0) is 42.4 Å². The van der Waals surface area contributed by atoms with Crippen LogP contribution in [0.5, 0.6) is 0 Å². The van der Waals surface area contributed by atoms with Gasteiger partial charge in [0.05, 0.1) is 11.5 Å². The minimum absolute atomic E-state index is 0.0167. The van der Waals surface area contributed by atoms with Crippen molar-refractivity contribution in [2.24, 2.45) is 0 Å². The van der Waals surface area contributed by atoms with Crippen LogP contribution >= 0.6 is 23.4 Å². The zero-order chi connectivity index (χ0) is 13.9. The molecule has 1 fully saturated rings. The zero-order valence-electron chi connectivity index (χ0n) is 10.3. The minimum atomic E-state index is -3.54. The number of hydrogen-bond acceptors (Lipinski definition) is 4. The molecule has 7 heteroatoms. The Morgan fingerprint density at radius 3 is 2.89 bits per heavy atom. The SMILES string of the molecule is O=S(=O)(NC1CCCSC1)c1ccc(Cl)c(CO)c1. The molecule has 1 aliphatic heterocycles. The lowest BCUT2D eigenvalue weighted by molar-refractivity contribution is 0.281. The van der Waals surface area contributed by atoms with Crippen molar-refractivity contribution in [1.29, 1.82) is 0 Å². The monoisotopic (exact) mass is 321 g/mol. The lowest BCUT2D eigenvalue weighted by Crippen LogP contribution is -2.38. The first kappa shape index (κ1) is 15.1. The number of halogens is 1. The second-order valence-corrected chi connectivity index (χ2v) is 7.72. The van der Waals surface area contributed by atoms with Crippen molar-refractivity contribution in [1.82, 2.24) is 4.72 Å². The summed E-state index contributed by atoms with van der Waals surface area (Å²) in [5.74, 6) is 1.90. The maximum absolute atomic E-state index is 12.2. The quantitative estimate of drug-likeness (QED) is 0.890. The van der Waals surface area contributed by atoms with E-state index in [1.807, 2.05) is 0 Å². The third kappa shape index (κ3) is 3.86. The van der Waals surface area contributed by atoms with Crippen LogP contribution < -0.4 is 4.72 Å². The van der Waals surface area contributed by atoms with Crippen LogP contribution in [0.25, 0.3) is 0 Å². The minimum Gasteiger partial charge on any atom is -0.392 e. The van der Waals surface area contributed by atoms with Crippen LogP contribution in [0.3, 0.4) is 0 Å². The van der Waals surface area contributed by atoms with Crippen molar-refractivity contribution in [3.05, 3.63) is 28.8 Å². The first-order chi connectivity index (χ1) is 9.03. The normalized spacial score (nSPS) is 20.4. The van der Waals surface area contributed by atoms with Gasteiger partial charge in [0.2, 0.25) is 10.0 Å². The molecule has 0 bridgehead atoms. The maximum atomic E-state index is 12.2. The number of nitrogens with one attached hydrogen (secondary N) is 1. The van der Waals surface area contributed by atoms with Crippen LogP contribution in [0.15, 0.2) is 23.1 Å². The molecule has 4 nitrogen and oxygen atoms in total. The third-order valence-electron chi connectivity index (χ3n) is 2.98. The molecule has 1 aromatic rings. The Bertz CT molecular complexity index is 542. The molecule has 0 radical (unpaired) electrons. The second-order valence-electron chi connectivity index (χ2n) is 4.45. The summed E-state index contributed by atoms with van der Waals surface area (Å²) < 4.78 is 27.2. The van der Waals surface area contributed by atoms with Crippen molar-refractivity contribution in [2.45, 2.75) is 30.4 Å². The summed E-state index contributed by atoms with van der Waals surface area (Å²) in [6.45, 7) is -0.276. The van der Waals surface area contributed by atoms with E-state index in [0.717, 1.165) is 24.3 Å². The van der Waals surface area contributed by atoms with E-state index in [2.05, 4.69) is 4.72 Å². The lowest BCUT2D eigenvalue weighted by Gasteiger charge is -2.22. The van der Waals surface area contributed by atoms with E-state index in [1.165, 1.54) is 18.2 Å². The van der Waals surface area contributed by atoms with Gasteiger partial charge >= 0.3 is 0 Å². The molecule has 2 N–H and O–H groups in total. The number of sulfonamides is 1. The van der Waals surface area contributed by atoms with Crippen molar-refractivity contribution < 1.29 is 13.5 Å². The molecule has 1 atom stereocenters. The van der Waals surface area contributed by atoms with E-state index >= 15 is 0 Å². The Balaban J connectivity index is 2.18. The van der Waals surface area contributed by atoms with E-state index in [-0.39, 0.29) is 17.5 Å². The summed E-state index contributed by atoms with van der Waals surface area (Å²) in [7, 11) is -3.54. The smallest absolute Gasteiger partial charge is 0.240 e. The Morgan fingerprint density at radius 1 is 1.47 bits per heavy atom. The maximum Gasteiger partial charge on any atom is 0.240 e. The molecule has 1 aromatic carbocycles. The molecule has 0 saturated carbocycles. The number of thioether (sulfide) groups is 1. The fourth-order valence-corrected chi connectivity index (χ4v) is 4.64. The summed E-state index contributed by atoms with van der Waals surface area (Å²) in [5, 5.41) is 9.50. The first-order valence-corrected chi connectivity index (χ1v) is 9.04. The van der Waals surface area contributed by atoms with Gasteiger partial charge in [-0.3, -0.25) is 0 Å². The van der Waals surface area contributed by atoms with Gasteiger partial charge in [0.25, 0.3) is 0 Å². The Hall–Kier alpha value is -0.270.